The highest BCUT2D eigenvalue weighted by atomic mass is 32.2. The second kappa shape index (κ2) is 6.32. The van der Waals surface area contributed by atoms with Crippen molar-refractivity contribution in [2.45, 2.75) is 18.4 Å². The molecule has 2 N–H and O–H groups in total. The van der Waals surface area contributed by atoms with Gasteiger partial charge in [0.25, 0.3) is 0 Å². The first kappa shape index (κ1) is 14.4. The summed E-state index contributed by atoms with van der Waals surface area (Å²) in [5.41, 5.74) is 0.536. The quantitative estimate of drug-likeness (QED) is 0.749. The number of nitrogens with one attached hydrogen (secondary N) is 2. The van der Waals surface area contributed by atoms with Crippen molar-refractivity contribution in [1.82, 2.24) is 10.0 Å². The van der Waals surface area contributed by atoms with E-state index in [0.717, 1.165) is 6.08 Å². The summed E-state index contributed by atoms with van der Waals surface area (Å²) < 4.78 is 26.3. The molecule has 0 atom stereocenters. The van der Waals surface area contributed by atoms with Gasteiger partial charge in [-0.1, -0.05) is 31.7 Å². The van der Waals surface area contributed by atoms with Crippen LogP contribution in [0.2, 0.25) is 0 Å². The van der Waals surface area contributed by atoms with Gasteiger partial charge in [-0.15, -0.1) is 0 Å². The van der Waals surface area contributed by atoms with E-state index in [2.05, 4.69) is 16.6 Å². The summed E-state index contributed by atoms with van der Waals surface area (Å²) in [5.74, 6) is -0.342. The lowest BCUT2D eigenvalue weighted by Crippen LogP contribution is -2.26. The van der Waals surface area contributed by atoms with Crippen LogP contribution in [-0.2, 0) is 21.4 Å². The number of carbonyl (C=O) groups is 1. The molecule has 0 saturated carbocycles. The fraction of sp³-hybridized carbons (Fsp3) is 0.250. The normalized spacial score (nSPS) is 10.9. The average molecular weight is 268 g/mol. The Bertz CT molecular complexity index is 538. The first-order valence-electron chi connectivity index (χ1n) is 5.49. The summed E-state index contributed by atoms with van der Waals surface area (Å²) in [6.07, 6.45) is 1.14. The van der Waals surface area contributed by atoms with Crippen molar-refractivity contribution in [2.24, 2.45) is 0 Å². The summed E-state index contributed by atoms with van der Waals surface area (Å²) in [6.45, 7) is 5.50. The highest BCUT2D eigenvalue weighted by molar-refractivity contribution is 7.89. The molecule has 1 rings (SSSR count). The van der Waals surface area contributed by atoms with Crippen molar-refractivity contribution in [1.29, 1.82) is 0 Å². The van der Waals surface area contributed by atoms with Gasteiger partial charge in [0.1, 0.15) is 0 Å². The largest absolute Gasteiger partial charge is 0.348 e. The molecule has 0 aromatic heterocycles. The van der Waals surface area contributed by atoms with E-state index in [1.54, 1.807) is 25.1 Å². The first-order valence-corrected chi connectivity index (χ1v) is 6.97. The Morgan fingerprint density at radius 1 is 1.39 bits per heavy atom. The molecular formula is C12H16N2O3S. The zero-order valence-corrected chi connectivity index (χ0v) is 11.0. The van der Waals surface area contributed by atoms with Crippen molar-refractivity contribution in [2.75, 3.05) is 6.54 Å². The molecule has 0 aliphatic rings. The summed E-state index contributed by atoms with van der Waals surface area (Å²) in [6, 6.07) is 6.53. The molecule has 0 aliphatic carbocycles. The number of rotatable bonds is 6. The third-order valence-corrected chi connectivity index (χ3v) is 3.88. The minimum Gasteiger partial charge on any atom is -0.348 e. The van der Waals surface area contributed by atoms with Crippen molar-refractivity contribution < 1.29 is 13.2 Å². The Hall–Kier alpha value is -1.66. The lowest BCUT2D eigenvalue weighted by molar-refractivity contribution is -0.116. The van der Waals surface area contributed by atoms with Crippen LogP contribution in [0.25, 0.3) is 0 Å². The highest BCUT2D eigenvalue weighted by Gasteiger charge is 2.16. The maximum absolute atomic E-state index is 11.9. The second-order valence-corrected chi connectivity index (χ2v) is 5.27. The van der Waals surface area contributed by atoms with Gasteiger partial charge in [0.2, 0.25) is 15.9 Å². The molecule has 0 aliphatic heterocycles. The standard InChI is InChI=1S/C12H16N2O3S/c1-3-12(15)13-9-10-7-5-6-8-11(10)18(16,17)14-4-2/h3,5-8,14H,1,4,9H2,2H3,(H,13,15). The zero-order chi connectivity index (χ0) is 13.6. The first-order chi connectivity index (χ1) is 8.51. The van der Waals surface area contributed by atoms with Crippen molar-refractivity contribution >= 4 is 15.9 Å². The Morgan fingerprint density at radius 3 is 2.67 bits per heavy atom. The van der Waals surface area contributed by atoms with E-state index >= 15 is 0 Å². The van der Waals surface area contributed by atoms with Crippen LogP contribution in [0.4, 0.5) is 0 Å². The van der Waals surface area contributed by atoms with Crippen LogP contribution < -0.4 is 10.0 Å². The lowest BCUT2D eigenvalue weighted by atomic mass is 10.2. The van der Waals surface area contributed by atoms with Crippen molar-refractivity contribution in [3.05, 3.63) is 42.5 Å². The molecule has 18 heavy (non-hydrogen) atoms. The van der Waals surface area contributed by atoms with Crippen LogP contribution in [0.1, 0.15) is 12.5 Å². The third-order valence-electron chi connectivity index (χ3n) is 2.23. The molecule has 0 radical (unpaired) electrons. The van der Waals surface area contributed by atoms with E-state index < -0.39 is 10.0 Å². The minimum absolute atomic E-state index is 0.144. The fourth-order valence-electron chi connectivity index (χ4n) is 1.43. The molecule has 1 aromatic carbocycles. The smallest absolute Gasteiger partial charge is 0.243 e. The maximum atomic E-state index is 11.9. The molecule has 0 heterocycles. The lowest BCUT2D eigenvalue weighted by Gasteiger charge is -2.10. The van der Waals surface area contributed by atoms with Crippen LogP contribution in [0, 0.1) is 0 Å². The summed E-state index contributed by atoms with van der Waals surface area (Å²) in [4.78, 5) is 11.3. The number of amides is 1. The molecule has 1 amide bonds. The van der Waals surface area contributed by atoms with Crippen LogP contribution in [0.3, 0.4) is 0 Å². The molecule has 5 nitrogen and oxygen atoms in total. The van der Waals surface area contributed by atoms with E-state index in [9.17, 15) is 13.2 Å². The monoisotopic (exact) mass is 268 g/mol. The number of sulfonamides is 1. The number of hydrogen-bond donors (Lipinski definition) is 2. The summed E-state index contributed by atoms with van der Waals surface area (Å²) >= 11 is 0. The van der Waals surface area contributed by atoms with Gasteiger partial charge in [0.05, 0.1) is 4.90 Å². The summed E-state index contributed by atoms with van der Waals surface area (Å²) in [5, 5.41) is 2.55. The van der Waals surface area contributed by atoms with Gasteiger partial charge in [0, 0.05) is 13.1 Å². The number of benzene rings is 1. The van der Waals surface area contributed by atoms with Gasteiger partial charge in [-0.05, 0) is 17.7 Å². The van der Waals surface area contributed by atoms with Gasteiger partial charge < -0.3 is 5.32 Å². The van der Waals surface area contributed by atoms with Gasteiger partial charge in [-0.3, -0.25) is 4.79 Å². The van der Waals surface area contributed by atoms with E-state index in [-0.39, 0.29) is 17.3 Å². The van der Waals surface area contributed by atoms with Gasteiger partial charge in [-0.25, -0.2) is 13.1 Å². The third kappa shape index (κ3) is 3.68. The van der Waals surface area contributed by atoms with Crippen molar-refractivity contribution in [3.63, 3.8) is 0 Å². The zero-order valence-electron chi connectivity index (χ0n) is 10.1. The molecule has 0 spiro atoms. The van der Waals surface area contributed by atoms with E-state index in [0.29, 0.717) is 12.1 Å². The van der Waals surface area contributed by atoms with Gasteiger partial charge in [-0.2, -0.15) is 0 Å². The number of carbonyl (C=O) groups excluding carboxylic acids is 1. The SMILES string of the molecule is C=CC(=O)NCc1ccccc1S(=O)(=O)NCC. The van der Waals surface area contributed by atoms with Crippen molar-refractivity contribution in [3.8, 4) is 0 Å². The van der Waals surface area contributed by atoms with Crippen LogP contribution >= 0.6 is 0 Å². The molecule has 6 heteroatoms. The van der Waals surface area contributed by atoms with Crippen LogP contribution in [0.5, 0.6) is 0 Å². The minimum atomic E-state index is -3.52. The topological polar surface area (TPSA) is 75.3 Å². The van der Waals surface area contributed by atoms with Crippen LogP contribution in [-0.4, -0.2) is 20.9 Å². The predicted molar refractivity (Wildman–Crippen MR) is 69.3 cm³/mol. The molecule has 0 bridgehead atoms. The number of hydrogen-bond acceptors (Lipinski definition) is 3. The van der Waals surface area contributed by atoms with E-state index in [1.165, 1.54) is 6.07 Å². The summed E-state index contributed by atoms with van der Waals surface area (Å²) in [7, 11) is -3.52. The molecule has 0 unspecified atom stereocenters. The van der Waals surface area contributed by atoms with Crippen LogP contribution in [0.15, 0.2) is 41.8 Å². The molecule has 1 aromatic rings. The van der Waals surface area contributed by atoms with Gasteiger partial charge in [0.15, 0.2) is 0 Å². The Morgan fingerprint density at radius 2 is 2.06 bits per heavy atom. The second-order valence-electron chi connectivity index (χ2n) is 3.53. The Labute approximate surface area is 107 Å². The highest BCUT2D eigenvalue weighted by Crippen LogP contribution is 2.14. The van der Waals surface area contributed by atoms with E-state index in [1.807, 2.05) is 0 Å². The average Bonchev–Trinajstić information content (AvgIpc) is 2.36. The maximum Gasteiger partial charge on any atom is 0.243 e. The fourth-order valence-corrected chi connectivity index (χ4v) is 2.71. The molecular weight excluding hydrogens is 252 g/mol. The Kier molecular flexibility index (Phi) is 5.06. The van der Waals surface area contributed by atoms with E-state index in [4.69, 9.17) is 0 Å². The molecule has 0 fully saturated rings. The Balaban J connectivity index is 3.00. The molecule has 0 saturated heterocycles. The van der Waals surface area contributed by atoms with Gasteiger partial charge >= 0.3 is 0 Å². The molecule has 98 valence electrons. The predicted octanol–water partition coefficient (Wildman–Crippen LogP) is 0.787.